The minimum absolute atomic E-state index is 0.0427. The maximum atomic E-state index is 12.6. The van der Waals surface area contributed by atoms with Crippen LogP contribution in [0.2, 0.25) is 0 Å². The molecule has 0 atom stereocenters. The van der Waals surface area contributed by atoms with Crippen molar-refractivity contribution in [1.29, 1.82) is 0 Å². The Balaban J connectivity index is 2.50. The second kappa shape index (κ2) is 4.31. The molecule has 1 nitrogen and oxygen atoms in total. The van der Waals surface area contributed by atoms with Crippen LogP contribution in [0.1, 0.15) is 12.0 Å². The van der Waals surface area contributed by atoms with Crippen molar-refractivity contribution in [2.24, 2.45) is 0 Å². The zero-order valence-corrected chi connectivity index (χ0v) is 8.53. The molecule has 0 radical (unpaired) electrons. The van der Waals surface area contributed by atoms with Crippen molar-refractivity contribution in [2.75, 3.05) is 5.73 Å². The third-order valence-electron chi connectivity index (χ3n) is 2.34. The summed E-state index contributed by atoms with van der Waals surface area (Å²) in [5, 5.41) is 0. The van der Waals surface area contributed by atoms with Gasteiger partial charge in [0.2, 0.25) is 0 Å². The van der Waals surface area contributed by atoms with Crippen LogP contribution in [0, 0.1) is 0 Å². The number of anilines is 1. The molecule has 3 heteroatoms. The fraction of sp³-hybridized carbons (Fsp3) is 0.0769. The number of halogens is 2. The lowest BCUT2D eigenvalue weighted by Gasteiger charge is -2.07. The van der Waals surface area contributed by atoms with E-state index in [2.05, 4.69) is 0 Å². The molecule has 0 amide bonds. The third kappa shape index (κ3) is 2.19. The highest BCUT2D eigenvalue weighted by Gasteiger charge is 2.09. The number of nitrogens with two attached hydrogens (primary N) is 1. The number of hydrogen-bond donors (Lipinski definition) is 1. The summed E-state index contributed by atoms with van der Waals surface area (Å²) in [5.74, 6) is 0. The summed E-state index contributed by atoms with van der Waals surface area (Å²) in [7, 11) is 0. The highest BCUT2D eigenvalue weighted by Crippen LogP contribution is 2.28. The molecule has 0 saturated carbocycles. The first-order valence-electron chi connectivity index (χ1n) is 4.91. The lowest BCUT2D eigenvalue weighted by molar-refractivity contribution is 0.151. The summed E-state index contributed by atoms with van der Waals surface area (Å²) >= 11 is 0. The SMILES string of the molecule is Nc1cc(-c2ccccc2)cc(C(F)F)c1. The minimum atomic E-state index is -2.49. The molecule has 82 valence electrons. The molecule has 0 bridgehead atoms. The van der Waals surface area contributed by atoms with E-state index in [4.69, 9.17) is 5.73 Å². The zero-order chi connectivity index (χ0) is 11.5. The van der Waals surface area contributed by atoms with E-state index >= 15 is 0 Å². The second-order valence-electron chi connectivity index (χ2n) is 3.56. The first-order chi connectivity index (χ1) is 7.66. The van der Waals surface area contributed by atoms with E-state index in [0.29, 0.717) is 5.69 Å². The average molecular weight is 219 g/mol. The van der Waals surface area contributed by atoms with Crippen molar-refractivity contribution in [3.05, 3.63) is 54.1 Å². The Morgan fingerprint density at radius 2 is 1.56 bits per heavy atom. The molecule has 0 aliphatic heterocycles. The monoisotopic (exact) mass is 219 g/mol. The van der Waals surface area contributed by atoms with Crippen LogP contribution < -0.4 is 5.73 Å². The van der Waals surface area contributed by atoms with Gasteiger partial charge < -0.3 is 5.73 Å². The number of rotatable bonds is 2. The van der Waals surface area contributed by atoms with Crippen molar-refractivity contribution >= 4 is 5.69 Å². The van der Waals surface area contributed by atoms with E-state index in [1.54, 1.807) is 6.07 Å². The molecular formula is C13H11F2N. The van der Waals surface area contributed by atoms with E-state index in [1.807, 2.05) is 30.3 Å². The Bertz CT molecular complexity index is 481. The van der Waals surface area contributed by atoms with E-state index in [0.717, 1.165) is 11.1 Å². The second-order valence-corrected chi connectivity index (χ2v) is 3.56. The van der Waals surface area contributed by atoms with E-state index in [9.17, 15) is 8.78 Å². The molecule has 0 unspecified atom stereocenters. The van der Waals surface area contributed by atoms with Crippen LogP contribution >= 0.6 is 0 Å². The Kier molecular flexibility index (Phi) is 2.86. The standard InChI is InChI=1S/C13H11F2N/c14-13(15)11-6-10(7-12(16)8-11)9-4-2-1-3-5-9/h1-8,13H,16H2. The van der Waals surface area contributed by atoms with E-state index in [-0.39, 0.29) is 5.56 Å². The molecule has 2 N–H and O–H groups in total. The predicted octanol–water partition coefficient (Wildman–Crippen LogP) is 3.87. The average Bonchev–Trinajstić information content (AvgIpc) is 2.29. The van der Waals surface area contributed by atoms with E-state index in [1.165, 1.54) is 12.1 Å². The van der Waals surface area contributed by atoms with Gasteiger partial charge in [0.1, 0.15) is 0 Å². The summed E-state index contributed by atoms with van der Waals surface area (Å²) in [4.78, 5) is 0. The van der Waals surface area contributed by atoms with Crippen LogP contribution in [-0.4, -0.2) is 0 Å². The van der Waals surface area contributed by atoms with Gasteiger partial charge in [0, 0.05) is 11.3 Å². The summed E-state index contributed by atoms with van der Waals surface area (Å²) in [6, 6.07) is 13.8. The number of alkyl halides is 2. The molecule has 16 heavy (non-hydrogen) atoms. The Hall–Kier alpha value is -1.90. The van der Waals surface area contributed by atoms with Crippen LogP contribution in [0.3, 0.4) is 0 Å². The molecule has 2 aromatic rings. The molecule has 2 aromatic carbocycles. The van der Waals surface area contributed by atoms with Gasteiger partial charge in [0.15, 0.2) is 0 Å². The van der Waals surface area contributed by atoms with Gasteiger partial charge in [-0.3, -0.25) is 0 Å². The fourth-order valence-corrected chi connectivity index (χ4v) is 1.60. The lowest BCUT2D eigenvalue weighted by atomic mass is 10.0. The van der Waals surface area contributed by atoms with Gasteiger partial charge in [0.05, 0.1) is 0 Å². The van der Waals surface area contributed by atoms with Crippen LogP contribution in [0.4, 0.5) is 14.5 Å². The molecule has 0 heterocycles. The Labute approximate surface area is 92.5 Å². The summed E-state index contributed by atoms with van der Waals surface area (Å²) in [6.45, 7) is 0. The van der Waals surface area contributed by atoms with Gasteiger partial charge >= 0.3 is 0 Å². The van der Waals surface area contributed by atoms with Gasteiger partial charge in [-0.25, -0.2) is 8.78 Å². The minimum Gasteiger partial charge on any atom is -0.399 e. The molecule has 0 aliphatic rings. The molecular weight excluding hydrogens is 208 g/mol. The quantitative estimate of drug-likeness (QED) is 0.762. The molecule has 2 rings (SSSR count). The Morgan fingerprint density at radius 3 is 2.19 bits per heavy atom. The van der Waals surface area contributed by atoms with Crippen molar-refractivity contribution in [3.63, 3.8) is 0 Å². The zero-order valence-electron chi connectivity index (χ0n) is 8.53. The van der Waals surface area contributed by atoms with Crippen molar-refractivity contribution in [2.45, 2.75) is 6.43 Å². The molecule has 0 spiro atoms. The van der Waals surface area contributed by atoms with Crippen molar-refractivity contribution in [3.8, 4) is 11.1 Å². The van der Waals surface area contributed by atoms with Crippen molar-refractivity contribution in [1.82, 2.24) is 0 Å². The largest absolute Gasteiger partial charge is 0.399 e. The molecule has 0 fully saturated rings. The molecule has 0 aliphatic carbocycles. The topological polar surface area (TPSA) is 26.0 Å². The van der Waals surface area contributed by atoms with Gasteiger partial charge in [-0.15, -0.1) is 0 Å². The van der Waals surface area contributed by atoms with Crippen LogP contribution in [-0.2, 0) is 0 Å². The number of nitrogen functional groups attached to an aromatic ring is 1. The summed E-state index contributed by atoms with van der Waals surface area (Å²) in [5.41, 5.74) is 7.52. The maximum absolute atomic E-state index is 12.6. The number of benzene rings is 2. The van der Waals surface area contributed by atoms with Crippen LogP contribution in [0.15, 0.2) is 48.5 Å². The van der Waals surface area contributed by atoms with Crippen molar-refractivity contribution < 1.29 is 8.78 Å². The van der Waals surface area contributed by atoms with Crippen LogP contribution in [0.5, 0.6) is 0 Å². The first-order valence-corrected chi connectivity index (χ1v) is 4.91. The van der Waals surface area contributed by atoms with Gasteiger partial charge in [-0.1, -0.05) is 30.3 Å². The van der Waals surface area contributed by atoms with Gasteiger partial charge in [-0.2, -0.15) is 0 Å². The lowest BCUT2D eigenvalue weighted by Crippen LogP contribution is -1.91. The fourth-order valence-electron chi connectivity index (χ4n) is 1.60. The Morgan fingerprint density at radius 1 is 0.875 bits per heavy atom. The van der Waals surface area contributed by atoms with Crippen LogP contribution in [0.25, 0.3) is 11.1 Å². The van der Waals surface area contributed by atoms with Gasteiger partial charge in [-0.05, 0) is 29.3 Å². The molecule has 0 aromatic heterocycles. The predicted molar refractivity (Wildman–Crippen MR) is 61.2 cm³/mol. The normalized spacial score (nSPS) is 10.7. The van der Waals surface area contributed by atoms with E-state index < -0.39 is 6.43 Å². The smallest absolute Gasteiger partial charge is 0.263 e. The highest BCUT2D eigenvalue weighted by atomic mass is 19.3. The summed E-state index contributed by atoms with van der Waals surface area (Å²) < 4.78 is 25.2. The first kappa shape index (κ1) is 10.6. The molecule has 0 saturated heterocycles. The van der Waals surface area contributed by atoms with Gasteiger partial charge in [0.25, 0.3) is 6.43 Å². The number of hydrogen-bond acceptors (Lipinski definition) is 1. The summed E-state index contributed by atoms with van der Waals surface area (Å²) in [6.07, 6.45) is -2.49. The maximum Gasteiger partial charge on any atom is 0.263 e. The highest BCUT2D eigenvalue weighted by molar-refractivity contribution is 5.68. The third-order valence-corrected chi connectivity index (χ3v) is 2.34.